The fourth-order valence-corrected chi connectivity index (χ4v) is 3.11. The van der Waals surface area contributed by atoms with Gasteiger partial charge in [-0.1, -0.05) is 37.3 Å². The van der Waals surface area contributed by atoms with Crippen LogP contribution in [0.15, 0.2) is 64.2 Å². The van der Waals surface area contributed by atoms with Crippen LogP contribution in [0.25, 0.3) is 28.0 Å². The quantitative estimate of drug-likeness (QED) is 0.531. The lowest BCUT2D eigenvalue weighted by molar-refractivity contribution is 0.766. The molecule has 0 amide bonds. The molecule has 5 heteroatoms. The Bertz CT molecular complexity index is 1170. The molecular formula is C20H17N3O2. The average Bonchev–Trinajstić information content (AvgIpc) is 2.65. The number of pyridine rings is 1. The zero-order chi connectivity index (χ0) is 17.6. The highest BCUT2D eigenvalue weighted by molar-refractivity contribution is 5.87. The molecule has 0 radical (unpaired) electrons. The summed E-state index contributed by atoms with van der Waals surface area (Å²) in [5.41, 5.74) is 2.55. The largest absolute Gasteiger partial charge is 0.352 e. The Labute approximate surface area is 144 Å². The van der Waals surface area contributed by atoms with E-state index in [4.69, 9.17) is 0 Å². The van der Waals surface area contributed by atoms with Crippen molar-refractivity contribution in [3.8, 4) is 17.1 Å². The minimum Gasteiger partial charge on any atom is -0.294 e. The maximum atomic E-state index is 12.6. The first-order valence-electron chi connectivity index (χ1n) is 8.21. The molecule has 0 aliphatic carbocycles. The van der Waals surface area contributed by atoms with Crippen LogP contribution in [0.1, 0.15) is 12.5 Å². The number of benzene rings is 2. The maximum Gasteiger partial charge on any atom is 0.352 e. The maximum absolute atomic E-state index is 12.6. The zero-order valence-corrected chi connectivity index (χ0v) is 14.1. The molecule has 2 aromatic rings. The number of fused-ring (bicyclic) bond motifs is 2. The van der Waals surface area contributed by atoms with Crippen molar-refractivity contribution >= 4 is 10.9 Å². The number of para-hydroxylation sites is 1. The molecule has 0 bridgehead atoms. The summed E-state index contributed by atoms with van der Waals surface area (Å²) >= 11 is 0. The highest BCUT2D eigenvalue weighted by Crippen LogP contribution is 2.27. The van der Waals surface area contributed by atoms with Crippen LogP contribution in [0.5, 0.6) is 0 Å². The highest BCUT2D eigenvalue weighted by atomic mass is 16.2. The van der Waals surface area contributed by atoms with Gasteiger partial charge in [0.15, 0.2) is 5.82 Å². The molecule has 0 N–H and O–H groups in total. The predicted molar refractivity (Wildman–Crippen MR) is 98.6 cm³/mol. The fraction of sp³-hybridized carbons (Fsp3) is 0.150. The fourth-order valence-electron chi connectivity index (χ4n) is 3.11. The first-order valence-corrected chi connectivity index (χ1v) is 8.21. The molecule has 0 saturated carbocycles. The smallest absolute Gasteiger partial charge is 0.294 e. The van der Waals surface area contributed by atoms with Gasteiger partial charge in [0.25, 0.3) is 5.56 Å². The predicted octanol–water partition coefficient (Wildman–Crippen LogP) is 2.75. The van der Waals surface area contributed by atoms with E-state index in [2.05, 4.69) is 24.0 Å². The summed E-state index contributed by atoms with van der Waals surface area (Å²) in [4.78, 5) is 28.9. The van der Waals surface area contributed by atoms with E-state index in [1.54, 1.807) is 6.07 Å². The molecule has 0 aromatic heterocycles. The summed E-state index contributed by atoms with van der Waals surface area (Å²) < 4.78 is 2.93. The number of aryl methyl sites for hydroxylation is 1. The van der Waals surface area contributed by atoms with Crippen LogP contribution in [-0.2, 0) is 13.5 Å². The molecule has 5 nitrogen and oxygen atoms in total. The molecule has 0 fully saturated rings. The second-order valence-electron chi connectivity index (χ2n) is 6.05. The van der Waals surface area contributed by atoms with Crippen LogP contribution in [0.3, 0.4) is 0 Å². The van der Waals surface area contributed by atoms with Crippen molar-refractivity contribution in [3.05, 3.63) is 81.0 Å². The van der Waals surface area contributed by atoms with E-state index >= 15 is 0 Å². The number of rotatable bonds is 2. The molecule has 2 aliphatic heterocycles. The monoisotopic (exact) mass is 331 g/mol. The SMILES string of the molecule is CCc1ccc(-n2c3nc(=O)n(C)c(=O)c-3cc3ccccc32)cc1. The Balaban J connectivity index is 2.18. The van der Waals surface area contributed by atoms with E-state index < -0.39 is 5.69 Å². The summed E-state index contributed by atoms with van der Waals surface area (Å²) in [6.07, 6.45) is 0.949. The van der Waals surface area contributed by atoms with Gasteiger partial charge in [-0.2, -0.15) is 4.98 Å². The molecule has 25 heavy (non-hydrogen) atoms. The van der Waals surface area contributed by atoms with Gasteiger partial charge in [-0.15, -0.1) is 0 Å². The molecule has 2 aromatic carbocycles. The first kappa shape index (κ1) is 15.3. The summed E-state index contributed by atoms with van der Waals surface area (Å²) in [5, 5.41) is 0.923. The van der Waals surface area contributed by atoms with E-state index in [1.165, 1.54) is 12.6 Å². The van der Waals surface area contributed by atoms with Gasteiger partial charge in [0.1, 0.15) is 0 Å². The molecule has 4 rings (SSSR count). The lowest BCUT2D eigenvalue weighted by Gasteiger charge is -2.18. The van der Waals surface area contributed by atoms with Gasteiger partial charge in [0.2, 0.25) is 0 Å². The molecule has 2 aliphatic rings. The number of hydrogen-bond acceptors (Lipinski definition) is 3. The lowest BCUT2D eigenvalue weighted by Crippen LogP contribution is -2.35. The Hall–Kier alpha value is -3.21. The Morgan fingerprint density at radius 3 is 2.44 bits per heavy atom. The summed E-state index contributed by atoms with van der Waals surface area (Å²) in [6.45, 7) is 2.10. The van der Waals surface area contributed by atoms with Crippen molar-refractivity contribution in [1.82, 2.24) is 14.1 Å². The molecule has 124 valence electrons. The van der Waals surface area contributed by atoms with Crippen LogP contribution >= 0.6 is 0 Å². The Morgan fingerprint density at radius 1 is 1.00 bits per heavy atom. The third-order valence-electron chi connectivity index (χ3n) is 4.56. The van der Waals surface area contributed by atoms with Crippen molar-refractivity contribution in [2.75, 3.05) is 0 Å². The van der Waals surface area contributed by atoms with Gasteiger partial charge >= 0.3 is 5.69 Å². The average molecular weight is 331 g/mol. The van der Waals surface area contributed by atoms with Crippen LogP contribution in [0.4, 0.5) is 0 Å². The summed E-state index contributed by atoms with van der Waals surface area (Å²) in [5.74, 6) is 0.385. The molecule has 0 spiro atoms. The highest BCUT2D eigenvalue weighted by Gasteiger charge is 2.19. The number of nitrogens with zero attached hydrogens (tertiary/aromatic N) is 3. The zero-order valence-electron chi connectivity index (χ0n) is 14.1. The Morgan fingerprint density at radius 2 is 1.72 bits per heavy atom. The molecule has 2 heterocycles. The first-order chi connectivity index (χ1) is 12.1. The van der Waals surface area contributed by atoms with Crippen LogP contribution in [0, 0.1) is 0 Å². The third-order valence-corrected chi connectivity index (χ3v) is 4.56. The van der Waals surface area contributed by atoms with Crippen LogP contribution < -0.4 is 11.2 Å². The van der Waals surface area contributed by atoms with E-state index in [9.17, 15) is 9.59 Å². The van der Waals surface area contributed by atoms with Gasteiger partial charge in [0, 0.05) is 12.7 Å². The summed E-state index contributed by atoms with van der Waals surface area (Å²) in [7, 11) is 1.45. The number of aromatic nitrogens is 3. The second-order valence-corrected chi connectivity index (χ2v) is 6.05. The van der Waals surface area contributed by atoms with Crippen LogP contribution in [-0.4, -0.2) is 14.1 Å². The minimum absolute atomic E-state index is 0.334. The van der Waals surface area contributed by atoms with Gasteiger partial charge in [-0.25, -0.2) is 4.79 Å². The Kier molecular flexibility index (Phi) is 3.50. The third kappa shape index (κ3) is 2.36. The lowest BCUT2D eigenvalue weighted by atomic mass is 10.1. The second kappa shape index (κ2) is 5.70. The topological polar surface area (TPSA) is 56.9 Å². The van der Waals surface area contributed by atoms with Gasteiger partial charge in [-0.3, -0.25) is 13.9 Å². The van der Waals surface area contributed by atoms with Gasteiger partial charge < -0.3 is 0 Å². The summed E-state index contributed by atoms with van der Waals surface area (Å²) in [6, 6.07) is 17.7. The van der Waals surface area contributed by atoms with Gasteiger partial charge in [-0.05, 0) is 41.6 Å². The van der Waals surface area contributed by atoms with Crippen molar-refractivity contribution in [3.63, 3.8) is 0 Å². The normalized spacial score (nSPS) is 11.3. The standard InChI is InChI=1S/C20H17N3O2/c1-3-13-8-10-15(11-9-13)23-17-7-5-4-6-14(17)12-16-18(23)21-20(25)22(2)19(16)24/h4-12H,3H2,1-2H3. The number of hydrogen-bond donors (Lipinski definition) is 0. The molecule has 0 atom stereocenters. The molecule has 0 saturated heterocycles. The van der Waals surface area contributed by atoms with E-state index in [1.807, 2.05) is 41.0 Å². The van der Waals surface area contributed by atoms with E-state index in [0.717, 1.165) is 27.6 Å². The van der Waals surface area contributed by atoms with E-state index in [0.29, 0.717) is 11.4 Å². The van der Waals surface area contributed by atoms with Crippen molar-refractivity contribution in [2.24, 2.45) is 7.05 Å². The molecule has 0 unspecified atom stereocenters. The molecular weight excluding hydrogens is 314 g/mol. The van der Waals surface area contributed by atoms with Crippen molar-refractivity contribution in [1.29, 1.82) is 0 Å². The van der Waals surface area contributed by atoms with Crippen molar-refractivity contribution in [2.45, 2.75) is 13.3 Å². The van der Waals surface area contributed by atoms with Crippen LogP contribution in [0.2, 0.25) is 0 Å². The van der Waals surface area contributed by atoms with Crippen molar-refractivity contribution < 1.29 is 0 Å². The van der Waals surface area contributed by atoms with Gasteiger partial charge in [0.05, 0.1) is 11.1 Å². The minimum atomic E-state index is -0.549. The van der Waals surface area contributed by atoms with E-state index in [-0.39, 0.29) is 5.56 Å².